The number of nitrogens with one attached hydrogen (secondary N) is 1. The summed E-state index contributed by atoms with van der Waals surface area (Å²) in [5.41, 5.74) is 1.03. The van der Waals surface area contributed by atoms with E-state index in [-0.39, 0.29) is 0 Å². The summed E-state index contributed by atoms with van der Waals surface area (Å²) >= 11 is 8.54. The number of nitrogens with zero attached hydrogens (tertiary/aromatic N) is 1. The Labute approximate surface area is 108 Å². The first kappa shape index (κ1) is 11.3. The molecule has 80 valence electrons. The van der Waals surface area contributed by atoms with Gasteiger partial charge in [0.05, 0.1) is 20.3 Å². The molecular weight excluding hydrogens is 344 g/mol. The average molecular weight is 352 g/mol. The van der Waals surface area contributed by atoms with Gasteiger partial charge in [0.25, 0.3) is 0 Å². The molecule has 2 heterocycles. The van der Waals surface area contributed by atoms with Crippen LogP contribution in [0, 0.1) is 0 Å². The molecule has 6 heteroatoms. The lowest BCUT2D eigenvalue weighted by Gasteiger charge is -1.92. The highest BCUT2D eigenvalue weighted by atomic mass is 79.9. The van der Waals surface area contributed by atoms with Crippen molar-refractivity contribution in [2.24, 2.45) is 0 Å². The zero-order valence-electron chi connectivity index (χ0n) is 7.88. The third kappa shape index (κ3) is 2.50. The van der Waals surface area contributed by atoms with Gasteiger partial charge in [-0.2, -0.15) is 0 Å². The second-order valence-corrected chi connectivity index (χ2v) is 6.64. The van der Waals surface area contributed by atoms with Gasteiger partial charge in [-0.25, -0.2) is 4.98 Å². The lowest BCUT2D eigenvalue weighted by Crippen LogP contribution is -2.04. The fourth-order valence-corrected chi connectivity index (χ4v) is 3.99. The molecule has 15 heavy (non-hydrogen) atoms. The number of halogens is 2. The van der Waals surface area contributed by atoms with Crippen LogP contribution in [0.5, 0.6) is 0 Å². The van der Waals surface area contributed by atoms with Crippen LogP contribution in [-0.2, 0) is 6.54 Å². The van der Waals surface area contributed by atoms with E-state index in [0.717, 1.165) is 18.9 Å². The Balaban J connectivity index is 2.32. The van der Waals surface area contributed by atoms with E-state index in [0.29, 0.717) is 12.4 Å². The molecule has 3 nitrogen and oxygen atoms in total. The molecule has 2 aromatic rings. The third-order valence-electron chi connectivity index (χ3n) is 1.80. The van der Waals surface area contributed by atoms with Crippen LogP contribution < -0.4 is 5.32 Å². The van der Waals surface area contributed by atoms with Gasteiger partial charge < -0.3 is 9.73 Å². The molecule has 0 radical (unpaired) electrons. The van der Waals surface area contributed by atoms with Gasteiger partial charge in [0.1, 0.15) is 0 Å². The predicted molar refractivity (Wildman–Crippen MR) is 68.0 cm³/mol. The highest BCUT2D eigenvalue weighted by molar-refractivity contribution is 9.12. The predicted octanol–water partition coefficient (Wildman–Crippen LogP) is 3.65. The molecule has 0 amide bonds. The topological polar surface area (TPSA) is 38.1 Å². The highest BCUT2D eigenvalue weighted by Crippen LogP contribution is 2.38. The molecule has 2 rings (SSSR count). The number of aromatic nitrogens is 1. The minimum atomic E-state index is 0.642. The highest BCUT2D eigenvalue weighted by Gasteiger charge is 2.12. The van der Waals surface area contributed by atoms with Gasteiger partial charge in [0, 0.05) is 5.56 Å². The van der Waals surface area contributed by atoms with Gasteiger partial charge in [0.2, 0.25) is 5.89 Å². The molecule has 0 spiro atoms. The third-order valence-corrected chi connectivity index (χ3v) is 4.14. The molecule has 0 unspecified atom stereocenters. The second-order valence-electron chi connectivity index (χ2n) is 2.89. The fourth-order valence-electron chi connectivity index (χ4n) is 1.18. The Kier molecular flexibility index (Phi) is 3.60. The lowest BCUT2D eigenvalue weighted by molar-refractivity contribution is 0.491. The van der Waals surface area contributed by atoms with Crippen LogP contribution in [-0.4, -0.2) is 12.0 Å². The van der Waals surface area contributed by atoms with E-state index in [9.17, 15) is 0 Å². The first-order chi connectivity index (χ1) is 7.20. The van der Waals surface area contributed by atoms with Crippen molar-refractivity contribution in [3.63, 3.8) is 0 Å². The Morgan fingerprint density at radius 1 is 1.53 bits per heavy atom. The van der Waals surface area contributed by atoms with Gasteiger partial charge in [0.15, 0.2) is 5.76 Å². The summed E-state index contributed by atoms with van der Waals surface area (Å²) in [7, 11) is 1.86. The molecule has 2 aromatic heterocycles. The van der Waals surface area contributed by atoms with Crippen molar-refractivity contribution in [2.75, 3.05) is 7.05 Å². The van der Waals surface area contributed by atoms with Crippen LogP contribution >= 0.6 is 43.2 Å². The molecular formula is C9H8Br2N2OS. The lowest BCUT2D eigenvalue weighted by atomic mass is 10.3. The van der Waals surface area contributed by atoms with Crippen molar-refractivity contribution in [3.8, 4) is 11.3 Å². The molecule has 0 aliphatic heterocycles. The summed E-state index contributed by atoms with van der Waals surface area (Å²) in [6.07, 6.45) is 1.74. The molecule has 0 aliphatic rings. The summed E-state index contributed by atoms with van der Waals surface area (Å²) < 4.78 is 7.70. The van der Waals surface area contributed by atoms with Crippen LogP contribution in [0.1, 0.15) is 5.89 Å². The van der Waals surface area contributed by atoms with Gasteiger partial charge >= 0.3 is 0 Å². The SMILES string of the molecule is CNCc1ncc(-c2cc(Br)sc2Br)o1. The van der Waals surface area contributed by atoms with Crippen molar-refractivity contribution in [3.05, 3.63) is 25.7 Å². The Morgan fingerprint density at radius 3 is 2.93 bits per heavy atom. The standard InChI is InChI=1S/C9H8Br2N2OS/c1-12-4-8-13-3-6(14-8)5-2-7(10)15-9(5)11/h2-3,12H,4H2,1H3. The Bertz CT molecular complexity index is 466. The monoisotopic (exact) mass is 350 g/mol. The Hall–Kier alpha value is -0.170. The number of rotatable bonds is 3. The molecule has 0 fully saturated rings. The van der Waals surface area contributed by atoms with E-state index in [2.05, 4.69) is 42.2 Å². The van der Waals surface area contributed by atoms with E-state index in [1.54, 1.807) is 17.5 Å². The second kappa shape index (κ2) is 4.78. The summed E-state index contributed by atoms with van der Waals surface area (Å²) in [4.78, 5) is 4.17. The molecule has 0 aromatic carbocycles. The first-order valence-electron chi connectivity index (χ1n) is 4.25. The van der Waals surface area contributed by atoms with Gasteiger partial charge in [-0.3, -0.25) is 0 Å². The maximum atomic E-state index is 5.59. The number of thiophene rings is 1. The van der Waals surface area contributed by atoms with Gasteiger partial charge in [-0.1, -0.05) is 0 Å². The maximum absolute atomic E-state index is 5.59. The number of hydrogen-bond donors (Lipinski definition) is 1. The summed E-state index contributed by atoms with van der Waals surface area (Å²) in [6, 6.07) is 2.01. The fraction of sp³-hybridized carbons (Fsp3) is 0.222. The molecule has 0 bridgehead atoms. The van der Waals surface area contributed by atoms with Crippen LogP contribution in [0.2, 0.25) is 0 Å². The zero-order valence-corrected chi connectivity index (χ0v) is 11.9. The normalized spacial score (nSPS) is 10.9. The van der Waals surface area contributed by atoms with Crippen LogP contribution in [0.3, 0.4) is 0 Å². The minimum absolute atomic E-state index is 0.642. The van der Waals surface area contributed by atoms with Gasteiger partial charge in [-0.15, -0.1) is 11.3 Å². The number of hydrogen-bond acceptors (Lipinski definition) is 4. The van der Waals surface area contributed by atoms with Crippen molar-refractivity contribution in [1.29, 1.82) is 0 Å². The maximum Gasteiger partial charge on any atom is 0.208 e. The summed E-state index contributed by atoms with van der Waals surface area (Å²) in [5.74, 6) is 1.48. The zero-order chi connectivity index (χ0) is 10.8. The van der Waals surface area contributed by atoms with Crippen molar-refractivity contribution < 1.29 is 4.42 Å². The average Bonchev–Trinajstić information content (AvgIpc) is 2.73. The smallest absolute Gasteiger partial charge is 0.208 e. The molecule has 1 N–H and O–H groups in total. The van der Waals surface area contributed by atoms with Gasteiger partial charge in [-0.05, 0) is 45.0 Å². The van der Waals surface area contributed by atoms with Crippen molar-refractivity contribution >= 4 is 43.2 Å². The van der Waals surface area contributed by atoms with Crippen molar-refractivity contribution in [1.82, 2.24) is 10.3 Å². The summed E-state index contributed by atoms with van der Waals surface area (Å²) in [5, 5.41) is 2.99. The largest absolute Gasteiger partial charge is 0.439 e. The van der Waals surface area contributed by atoms with E-state index >= 15 is 0 Å². The van der Waals surface area contributed by atoms with Crippen LogP contribution in [0.25, 0.3) is 11.3 Å². The molecule has 0 atom stereocenters. The Morgan fingerprint density at radius 2 is 2.33 bits per heavy atom. The van der Waals surface area contributed by atoms with Crippen LogP contribution in [0.4, 0.5) is 0 Å². The molecule has 0 saturated heterocycles. The van der Waals surface area contributed by atoms with E-state index in [4.69, 9.17) is 4.42 Å². The summed E-state index contributed by atoms with van der Waals surface area (Å²) in [6.45, 7) is 0.642. The minimum Gasteiger partial charge on any atom is -0.439 e. The molecule has 0 aliphatic carbocycles. The number of oxazole rings is 1. The van der Waals surface area contributed by atoms with E-state index in [1.807, 2.05) is 13.1 Å². The van der Waals surface area contributed by atoms with E-state index in [1.165, 1.54) is 0 Å². The molecule has 0 saturated carbocycles. The quantitative estimate of drug-likeness (QED) is 0.917. The van der Waals surface area contributed by atoms with E-state index < -0.39 is 0 Å². The first-order valence-corrected chi connectivity index (χ1v) is 6.65. The van der Waals surface area contributed by atoms with Crippen LogP contribution in [0.15, 0.2) is 24.3 Å². The van der Waals surface area contributed by atoms with Crippen molar-refractivity contribution in [2.45, 2.75) is 6.54 Å².